The highest BCUT2D eigenvalue weighted by Crippen LogP contribution is 2.30. The van der Waals surface area contributed by atoms with Gasteiger partial charge in [-0.3, -0.25) is 9.59 Å². The summed E-state index contributed by atoms with van der Waals surface area (Å²) in [5, 5.41) is 5.77. The standard InChI is InChI=1S/C11H17N3O2S/c1-4-13-10(15)7-6(3)8(17-9(7)12)11(16)14-5-2/h4-5,12H2,1-3H3,(H,13,15)(H,14,16). The smallest absolute Gasteiger partial charge is 0.261 e. The maximum atomic E-state index is 11.8. The van der Waals surface area contributed by atoms with E-state index in [1.807, 2.05) is 13.8 Å². The molecule has 0 atom stereocenters. The molecule has 1 rings (SSSR count). The molecule has 0 aliphatic heterocycles. The number of nitrogens with two attached hydrogens (primary N) is 1. The first kappa shape index (κ1) is 13.5. The lowest BCUT2D eigenvalue weighted by Crippen LogP contribution is -2.25. The van der Waals surface area contributed by atoms with Crippen LogP contribution in [0, 0.1) is 6.92 Å². The molecule has 0 radical (unpaired) electrons. The Bertz CT molecular complexity index is 440. The lowest BCUT2D eigenvalue weighted by Gasteiger charge is -2.03. The van der Waals surface area contributed by atoms with E-state index in [1.54, 1.807) is 6.92 Å². The third-order valence-corrected chi connectivity index (χ3v) is 3.40. The van der Waals surface area contributed by atoms with Crippen LogP contribution < -0.4 is 16.4 Å². The normalized spacial score (nSPS) is 10.1. The molecular formula is C11H17N3O2S. The molecule has 0 aromatic carbocycles. The van der Waals surface area contributed by atoms with Crippen molar-refractivity contribution in [3.63, 3.8) is 0 Å². The van der Waals surface area contributed by atoms with E-state index in [0.717, 1.165) is 11.3 Å². The Kier molecular flexibility index (Phi) is 4.51. The number of hydrogen-bond acceptors (Lipinski definition) is 4. The lowest BCUT2D eigenvalue weighted by molar-refractivity contribution is 0.0955. The van der Waals surface area contributed by atoms with Gasteiger partial charge in [-0.2, -0.15) is 0 Å². The molecule has 5 nitrogen and oxygen atoms in total. The number of carbonyl (C=O) groups excluding carboxylic acids is 2. The molecule has 0 aliphatic rings. The zero-order valence-corrected chi connectivity index (χ0v) is 11.0. The molecule has 6 heteroatoms. The van der Waals surface area contributed by atoms with Crippen LogP contribution in [0.1, 0.15) is 39.4 Å². The fourth-order valence-corrected chi connectivity index (χ4v) is 2.51. The molecule has 1 aromatic rings. The van der Waals surface area contributed by atoms with Crippen LogP contribution in [-0.2, 0) is 0 Å². The first-order valence-corrected chi connectivity index (χ1v) is 6.29. The van der Waals surface area contributed by atoms with E-state index in [0.29, 0.717) is 34.1 Å². The summed E-state index contributed by atoms with van der Waals surface area (Å²) in [6.07, 6.45) is 0. The maximum absolute atomic E-state index is 11.8. The van der Waals surface area contributed by atoms with Crippen molar-refractivity contribution in [3.8, 4) is 0 Å². The summed E-state index contributed by atoms with van der Waals surface area (Å²) >= 11 is 1.15. The van der Waals surface area contributed by atoms with E-state index >= 15 is 0 Å². The number of thiophene rings is 1. The average Bonchev–Trinajstić information content (AvgIpc) is 2.55. The summed E-state index contributed by atoms with van der Waals surface area (Å²) < 4.78 is 0. The minimum Gasteiger partial charge on any atom is -0.390 e. The summed E-state index contributed by atoms with van der Waals surface area (Å²) in [6, 6.07) is 0. The second-order valence-corrected chi connectivity index (χ2v) is 4.57. The maximum Gasteiger partial charge on any atom is 0.261 e. The molecule has 0 fully saturated rings. The van der Waals surface area contributed by atoms with Crippen LogP contribution in [-0.4, -0.2) is 24.9 Å². The topological polar surface area (TPSA) is 84.2 Å². The van der Waals surface area contributed by atoms with E-state index in [1.165, 1.54) is 0 Å². The molecule has 94 valence electrons. The Morgan fingerprint density at radius 3 is 2.24 bits per heavy atom. The summed E-state index contributed by atoms with van der Waals surface area (Å²) in [5.41, 5.74) is 6.84. The number of anilines is 1. The second-order valence-electron chi connectivity index (χ2n) is 3.51. The van der Waals surface area contributed by atoms with Gasteiger partial charge in [0.2, 0.25) is 0 Å². The Hall–Kier alpha value is -1.56. The summed E-state index contributed by atoms with van der Waals surface area (Å²) in [7, 11) is 0. The number of carbonyl (C=O) groups is 2. The van der Waals surface area contributed by atoms with E-state index in [4.69, 9.17) is 5.73 Å². The monoisotopic (exact) mass is 255 g/mol. The Morgan fingerprint density at radius 2 is 1.71 bits per heavy atom. The average molecular weight is 255 g/mol. The quantitative estimate of drug-likeness (QED) is 0.754. The van der Waals surface area contributed by atoms with E-state index < -0.39 is 0 Å². The van der Waals surface area contributed by atoms with Gasteiger partial charge in [0.25, 0.3) is 11.8 Å². The van der Waals surface area contributed by atoms with Crippen molar-refractivity contribution < 1.29 is 9.59 Å². The van der Waals surface area contributed by atoms with Gasteiger partial charge in [-0.05, 0) is 26.3 Å². The van der Waals surface area contributed by atoms with Crippen molar-refractivity contribution in [3.05, 3.63) is 16.0 Å². The number of nitrogens with one attached hydrogen (secondary N) is 2. The van der Waals surface area contributed by atoms with Crippen molar-refractivity contribution in [2.45, 2.75) is 20.8 Å². The third-order valence-electron chi connectivity index (χ3n) is 2.28. The molecule has 0 saturated carbocycles. The molecule has 0 aliphatic carbocycles. The van der Waals surface area contributed by atoms with Crippen molar-refractivity contribution in [2.24, 2.45) is 0 Å². The predicted octanol–water partition coefficient (Wildman–Crippen LogP) is 1.14. The van der Waals surface area contributed by atoms with Gasteiger partial charge < -0.3 is 16.4 Å². The van der Waals surface area contributed by atoms with Crippen molar-refractivity contribution in [2.75, 3.05) is 18.8 Å². The largest absolute Gasteiger partial charge is 0.390 e. The molecule has 0 bridgehead atoms. The van der Waals surface area contributed by atoms with Crippen LogP contribution in [0.2, 0.25) is 0 Å². The Labute approximate surface area is 104 Å². The number of nitrogen functional groups attached to an aromatic ring is 1. The fraction of sp³-hybridized carbons (Fsp3) is 0.455. The molecule has 2 amide bonds. The van der Waals surface area contributed by atoms with Gasteiger partial charge in [0.1, 0.15) is 0 Å². The summed E-state index contributed by atoms with van der Waals surface area (Å²) in [4.78, 5) is 24.0. The minimum absolute atomic E-state index is 0.183. The zero-order valence-electron chi connectivity index (χ0n) is 10.2. The predicted molar refractivity (Wildman–Crippen MR) is 69.5 cm³/mol. The first-order valence-electron chi connectivity index (χ1n) is 5.48. The van der Waals surface area contributed by atoms with Crippen molar-refractivity contribution in [1.82, 2.24) is 10.6 Å². The number of rotatable bonds is 4. The van der Waals surface area contributed by atoms with Gasteiger partial charge in [0, 0.05) is 13.1 Å². The van der Waals surface area contributed by atoms with Gasteiger partial charge >= 0.3 is 0 Å². The van der Waals surface area contributed by atoms with Crippen LogP contribution in [0.25, 0.3) is 0 Å². The van der Waals surface area contributed by atoms with E-state index in [-0.39, 0.29) is 11.8 Å². The van der Waals surface area contributed by atoms with Gasteiger partial charge in [-0.1, -0.05) is 0 Å². The SMILES string of the molecule is CCNC(=O)c1sc(N)c(C(=O)NCC)c1C. The molecular weight excluding hydrogens is 238 g/mol. The minimum atomic E-state index is -0.228. The molecule has 0 saturated heterocycles. The molecule has 0 unspecified atom stereocenters. The summed E-state index contributed by atoms with van der Waals surface area (Å²) in [6.45, 7) is 6.49. The highest BCUT2D eigenvalue weighted by Gasteiger charge is 2.22. The molecule has 0 spiro atoms. The van der Waals surface area contributed by atoms with Crippen molar-refractivity contribution >= 4 is 28.2 Å². The fourth-order valence-electron chi connectivity index (χ4n) is 1.52. The third kappa shape index (κ3) is 2.76. The van der Waals surface area contributed by atoms with Crippen LogP contribution >= 0.6 is 11.3 Å². The Morgan fingerprint density at radius 1 is 1.18 bits per heavy atom. The highest BCUT2D eigenvalue weighted by molar-refractivity contribution is 7.18. The van der Waals surface area contributed by atoms with E-state index in [2.05, 4.69) is 10.6 Å². The summed E-state index contributed by atoms with van der Waals surface area (Å²) in [5.74, 6) is -0.411. The molecule has 1 aromatic heterocycles. The highest BCUT2D eigenvalue weighted by atomic mass is 32.1. The first-order chi connectivity index (χ1) is 8.02. The molecule has 4 N–H and O–H groups in total. The molecule has 17 heavy (non-hydrogen) atoms. The molecule has 1 heterocycles. The van der Waals surface area contributed by atoms with E-state index in [9.17, 15) is 9.59 Å². The Balaban J connectivity index is 3.09. The number of amides is 2. The van der Waals surface area contributed by atoms with Gasteiger partial charge in [0.15, 0.2) is 0 Å². The van der Waals surface area contributed by atoms with Crippen LogP contribution in [0.5, 0.6) is 0 Å². The van der Waals surface area contributed by atoms with Gasteiger partial charge in [-0.25, -0.2) is 0 Å². The van der Waals surface area contributed by atoms with Crippen LogP contribution in [0.4, 0.5) is 5.00 Å². The van der Waals surface area contributed by atoms with Crippen LogP contribution in [0.15, 0.2) is 0 Å². The zero-order chi connectivity index (χ0) is 13.0. The lowest BCUT2D eigenvalue weighted by atomic mass is 10.1. The van der Waals surface area contributed by atoms with Crippen molar-refractivity contribution in [1.29, 1.82) is 0 Å². The van der Waals surface area contributed by atoms with Gasteiger partial charge in [0.05, 0.1) is 15.4 Å². The van der Waals surface area contributed by atoms with Crippen LogP contribution in [0.3, 0.4) is 0 Å². The van der Waals surface area contributed by atoms with Gasteiger partial charge in [-0.15, -0.1) is 11.3 Å². The second kappa shape index (κ2) is 5.67. The number of hydrogen-bond donors (Lipinski definition) is 3.